The van der Waals surface area contributed by atoms with Gasteiger partial charge in [-0.2, -0.15) is 0 Å². The molecular formula is C18H22N4O4S. The molecule has 1 aliphatic heterocycles. The van der Waals surface area contributed by atoms with Gasteiger partial charge in [0, 0.05) is 24.3 Å². The molecule has 0 bridgehead atoms. The van der Waals surface area contributed by atoms with Crippen LogP contribution in [-0.4, -0.2) is 44.9 Å². The van der Waals surface area contributed by atoms with Crippen molar-refractivity contribution < 1.29 is 14.3 Å². The lowest BCUT2D eigenvalue weighted by atomic mass is 10.1. The summed E-state index contributed by atoms with van der Waals surface area (Å²) in [5, 5.41) is 9.67. The van der Waals surface area contributed by atoms with E-state index in [-0.39, 0.29) is 29.2 Å². The first-order chi connectivity index (χ1) is 13.1. The molecule has 3 rings (SSSR count). The maximum atomic E-state index is 12.4. The average Bonchev–Trinajstić information content (AvgIpc) is 3.31. The second kappa shape index (κ2) is 9.01. The number of anilines is 1. The Hall–Kier alpha value is -2.39. The van der Waals surface area contributed by atoms with E-state index in [9.17, 15) is 14.4 Å². The summed E-state index contributed by atoms with van der Waals surface area (Å²) in [5.74, 6) is 0.0103. The summed E-state index contributed by atoms with van der Waals surface area (Å²) in [6.07, 6.45) is 2.32. The summed E-state index contributed by atoms with van der Waals surface area (Å²) in [7, 11) is 0. The number of Topliss-reactive ketones (excluding diaryl/α,β-unsaturated/α-hetero) is 1. The molecule has 1 saturated heterocycles. The van der Waals surface area contributed by atoms with Crippen LogP contribution in [0.5, 0.6) is 0 Å². The summed E-state index contributed by atoms with van der Waals surface area (Å²) in [5.41, 5.74) is 0.904. The quantitative estimate of drug-likeness (QED) is 0.528. The van der Waals surface area contributed by atoms with Gasteiger partial charge in [-0.3, -0.25) is 14.2 Å². The second-order valence-corrected chi connectivity index (χ2v) is 7.19. The van der Waals surface area contributed by atoms with Gasteiger partial charge in [-0.15, -0.1) is 5.10 Å². The molecule has 1 amide bonds. The summed E-state index contributed by atoms with van der Waals surface area (Å²) in [6.45, 7) is 2.93. The fraction of sp³-hybridized carbons (Fsp3) is 0.444. The molecule has 0 radical (unpaired) electrons. The summed E-state index contributed by atoms with van der Waals surface area (Å²) < 4.78 is 7.10. The van der Waals surface area contributed by atoms with Crippen LogP contribution in [0.25, 0.3) is 0 Å². The van der Waals surface area contributed by atoms with Gasteiger partial charge >= 0.3 is 5.69 Å². The van der Waals surface area contributed by atoms with Crippen molar-refractivity contribution in [2.45, 2.75) is 44.0 Å². The average molecular weight is 390 g/mol. The van der Waals surface area contributed by atoms with E-state index in [0.29, 0.717) is 36.0 Å². The Balaban J connectivity index is 1.59. The number of hydrogen-bond acceptors (Lipinski definition) is 6. The van der Waals surface area contributed by atoms with Crippen LogP contribution in [-0.2, 0) is 16.1 Å². The number of H-pyrrole nitrogens is 1. The van der Waals surface area contributed by atoms with E-state index in [1.165, 1.54) is 16.3 Å². The van der Waals surface area contributed by atoms with Gasteiger partial charge in [0.2, 0.25) is 5.91 Å². The molecule has 144 valence electrons. The Bertz CT molecular complexity index is 853. The zero-order chi connectivity index (χ0) is 19.2. The van der Waals surface area contributed by atoms with Crippen LogP contribution >= 0.6 is 11.8 Å². The highest BCUT2D eigenvalue weighted by atomic mass is 32.2. The molecule has 9 heteroatoms. The van der Waals surface area contributed by atoms with Crippen molar-refractivity contribution in [1.82, 2.24) is 14.8 Å². The minimum Gasteiger partial charge on any atom is -0.376 e. The van der Waals surface area contributed by atoms with Gasteiger partial charge in [-0.05, 0) is 37.1 Å². The van der Waals surface area contributed by atoms with Gasteiger partial charge in [0.25, 0.3) is 0 Å². The first-order valence-corrected chi connectivity index (χ1v) is 9.88. The Morgan fingerprint density at radius 2 is 2.15 bits per heavy atom. The van der Waals surface area contributed by atoms with Crippen molar-refractivity contribution in [3.63, 3.8) is 0 Å². The van der Waals surface area contributed by atoms with Crippen LogP contribution in [0.4, 0.5) is 5.69 Å². The van der Waals surface area contributed by atoms with Crippen molar-refractivity contribution in [1.29, 1.82) is 0 Å². The predicted molar refractivity (Wildman–Crippen MR) is 102 cm³/mol. The van der Waals surface area contributed by atoms with E-state index in [0.717, 1.165) is 12.8 Å². The summed E-state index contributed by atoms with van der Waals surface area (Å²) >= 11 is 1.22. The molecule has 1 aliphatic rings. The maximum Gasteiger partial charge on any atom is 0.344 e. The fourth-order valence-electron chi connectivity index (χ4n) is 2.77. The number of rotatable bonds is 8. The van der Waals surface area contributed by atoms with Crippen LogP contribution in [0.3, 0.4) is 0 Å². The number of carbonyl (C=O) groups excluding carboxylic acids is 2. The van der Waals surface area contributed by atoms with E-state index >= 15 is 0 Å². The molecule has 2 N–H and O–H groups in total. The highest BCUT2D eigenvalue weighted by Crippen LogP contribution is 2.19. The smallest absolute Gasteiger partial charge is 0.344 e. The number of hydrogen-bond donors (Lipinski definition) is 2. The molecule has 2 aromatic rings. The highest BCUT2D eigenvalue weighted by Gasteiger charge is 2.20. The van der Waals surface area contributed by atoms with E-state index in [4.69, 9.17) is 4.74 Å². The van der Waals surface area contributed by atoms with Gasteiger partial charge in [0.15, 0.2) is 10.9 Å². The number of benzene rings is 1. The zero-order valence-corrected chi connectivity index (χ0v) is 15.9. The van der Waals surface area contributed by atoms with Crippen molar-refractivity contribution >= 4 is 29.1 Å². The monoisotopic (exact) mass is 390 g/mol. The van der Waals surface area contributed by atoms with Crippen LogP contribution < -0.4 is 11.0 Å². The van der Waals surface area contributed by atoms with Gasteiger partial charge < -0.3 is 10.1 Å². The van der Waals surface area contributed by atoms with Crippen LogP contribution in [0.1, 0.15) is 36.5 Å². The molecule has 1 aromatic carbocycles. The van der Waals surface area contributed by atoms with Crippen molar-refractivity contribution in [3.8, 4) is 0 Å². The predicted octanol–water partition coefficient (Wildman–Crippen LogP) is 2.07. The molecule has 27 heavy (non-hydrogen) atoms. The number of ketones is 1. The van der Waals surface area contributed by atoms with Gasteiger partial charge in [-0.1, -0.05) is 18.7 Å². The Morgan fingerprint density at radius 3 is 2.81 bits per heavy atom. The van der Waals surface area contributed by atoms with E-state index in [2.05, 4.69) is 15.5 Å². The number of carbonyl (C=O) groups is 2. The highest BCUT2D eigenvalue weighted by molar-refractivity contribution is 7.99. The van der Waals surface area contributed by atoms with Crippen molar-refractivity contribution in [2.75, 3.05) is 17.7 Å². The minimum atomic E-state index is -0.295. The standard InChI is InChI=1S/C18H22N4O4S/c1-2-16(24)19-13-7-5-12(6-8-13)15(23)11-27-18-21-20-17(25)22(18)10-14-4-3-9-26-14/h5-8,14H,2-4,9-11H2,1H3,(H,19,24)(H,20,25)/t14-/m1/s1. The lowest BCUT2D eigenvalue weighted by Crippen LogP contribution is -2.25. The first-order valence-electron chi connectivity index (χ1n) is 8.89. The molecule has 0 spiro atoms. The normalized spacial score (nSPS) is 16.4. The van der Waals surface area contributed by atoms with Gasteiger partial charge in [-0.25, -0.2) is 9.89 Å². The van der Waals surface area contributed by atoms with E-state index < -0.39 is 0 Å². The van der Waals surface area contributed by atoms with Gasteiger partial charge in [0.1, 0.15) is 0 Å². The summed E-state index contributed by atoms with van der Waals surface area (Å²) in [6, 6.07) is 6.76. The third-order valence-electron chi connectivity index (χ3n) is 4.28. The second-order valence-electron chi connectivity index (χ2n) is 6.25. The molecule has 1 fully saturated rings. The third-order valence-corrected chi connectivity index (χ3v) is 5.25. The minimum absolute atomic E-state index is 0.0150. The zero-order valence-electron chi connectivity index (χ0n) is 15.1. The Morgan fingerprint density at radius 1 is 1.37 bits per heavy atom. The number of thioether (sulfide) groups is 1. The lowest BCUT2D eigenvalue weighted by Gasteiger charge is -2.10. The number of aromatic nitrogens is 3. The SMILES string of the molecule is CCC(=O)Nc1ccc(C(=O)CSc2n[nH]c(=O)n2C[C@H]2CCCO2)cc1. The van der Waals surface area contributed by atoms with Crippen molar-refractivity contribution in [3.05, 3.63) is 40.3 Å². The largest absolute Gasteiger partial charge is 0.376 e. The van der Waals surface area contributed by atoms with Gasteiger partial charge in [0.05, 0.1) is 18.4 Å². The molecule has 0 aliphatic carbocycles. The first kappa shape index (κ1) is 19.4. The summed E-state index contributed by atoms with van der Waals surface area (Å²) in [4.78, 5) is 35.8. The molecule has 8 nitrogen and oxygen atoms in total. The van der Waals surface area contributed by atoms with E-state index in [1.54, 1.807) is 31.2 Å². The molecule has 1 atom stereocenters. The maximum absolute atomic E-state index is 12.4. The topological polar surface area (TPSA) is 106 Å². The Labute approximate surface area is 160 Å². The molecule has 0 unspecified atom stereocenters. The van der Waals surface area contributed by atoms with Crippen LogP contribution in [0.15, 0.2) is 34.2 Å². The molecule has 2 heterocycles. The number of nitrogens with one attached hydrogen (secondary N) is 2. The number of aromatic amines is 1. The lowest BCUT2D eigenvalue weighted by molar-refractivity contribution is -0.115. The third kappa shape index (κ3) is 5.08. The fourth-order valence-corrected chi connectivity index (χ4v) is 3.62. The molecular weight excluding hydrogens is 368 g/mol. The number of ether oxygens (including phenoxy) is 1. The molecule has 0 saturated carbocycles. The number of nitrogens with zero attached hydrogens (tertiary/aromatic N) is 2. The van der Waals surface area contributed by atoms with E-state index in [1.807, 2.05) is 0 Å². The van der Waals surface area contributed by atoms with Crippen LogP contribution in [0.2, 0.25) is 0 Å². The Kier molecular flexibility index (Phi) is 6.46. The van der Waals surface area contributed by atoms with Crippen LogP contribution in [0, 0.1) is 0 Å². The van der Waals surface area contributed by atoms with Crippen molar-refractivity contribution in [2.24, 2.45) is 0 Å². The number of amides is 1. The molecule has 1 aromatic heterocycles.